The highest BCUT2D eigenvalue weighted by atomic mass is 16.5. The van der Waals surface area contributed by atoms with Crippen LogP contribution in [0, 0.1) is 12.8 Å². The van der Waals surface area contributed by atoms with Crippen molar-refractivity contribution in [3.05, 3.63) is 29.7 Å². The first-order chi connectivity index (χ1) is 10.6. The van der Waals surface area contributed by atoms with Gasteiger partial charge in [-0.2, -0.15) is 10.1 Å². The van der Waals surface area contributed by atoms with Crippen LogP contribution in [0.25, 0.3) is 0 Å². The van der Waals surface area contributed by atoms with E-state index < -0.39 is 0 Å². The maximum absolute atomic E-state index is 5.34. The van der Waals surface area contributed by atoms with E-state index in [1.165, 1.54) is 18.4 Å². The van der Waals surface area contributed by atoms with E-state index in [-0.39, 0.29) is 0 Å². The molecule has 0 amide bonds. The lowest BCUT2D eigenvalue weighted by molar-refractivity contribution is 0.211. The molecule has 3 rings (SSSR count). The summed E-state index contributed by atoms with van der Waals surface area (Å²) in [5.74, 6) is 2.10. The number of rotatable bonds is 6. The summed E-state index contributed by atoms with van der Waals surface area (Å²) in [4.78, 5) is 6.96. The minimum absolute atomic E-state index is 0.506. The Labute approximate surface area is 131 Å². The average molecular weight is 303 g/mol. The molecule has 2 aromatic heterocycles. The number of hydrogen-bond donors (Lipinski definition) is 0. The van der Waals surface area contributed by atoms with E-state index in [2.05, 4.69) is 47.1 Å². The molecular formula is C16H25N5O. The lowest BCUT2D eigenvalue weighted by Crippen LogP contribution is -2.33. The van der Waals surface area contributed by atoms with Gasteiger partial charge in [0, 0.05) is 18.7 Å². The van der Waals surface area contributed by atoms with Crippen LogP contribution in [0.15, 0.2) is 16.9 Å². The predicted molar refractivity (Wildman–Crippen MR) is 83.2 cm³/mol. The molecule has 6 heteroatoms. The summed E-state index contributed by atoms with van der Waals surface area (Å²) in [6.07, 6.45) is 7.29. The topological polar surface area (TPSA) is 60.0 Å². The normalized spacial score (nSPS) is 19.4. The summed E-state index contributed by atoms with van der Waals surface area (Å²) in [5.41, 5.74) is 1.21. The zero-order chi connectivity index (χ0) is 15.5. The number of aryl methyl sites for hydroxylation is 1. The van der Waals surface area contributed by atoms with Crippen molar-refractivity contribution in [1.82, 2.24) is 24.8 Å². The van der Waals surface area contributed by atoms with Crippen LogP contribution in [0.1, 0.15) is 44.0 Å². The SMILES string of the molecule is Cc1cnn(C[C@H]2CCCN2Cc2noc(CC(C)C)n2)c1. The molecule has 1 saturated heterocycles. The van der Waals surface area contributed by atoms with Crippen LogP contribution < -0.4 is 0 Å². The number of nitrogens with zero attached hydrogens (tertiary/aromatic N) is 5. The Balaban J connectivity index is 1.59. The predicted octanol–water partition coefficient (Wildman–Crippen LogP) is 2.44. The summed E-state index contributed by atoms with van der Waals surface area (Å²) in [6.45, 7) is 9.19. The highest BCUT2D eigenvalue weighted by Gasteiger charge is 2.26. The Morgan fingerprint density at radius 1 is 1.41 bits per heavy atom. The van der Waals surface area contributed by atoms with Gasteiger partial charge >= 0.3 is 0 Å². The Morgan fingerprint density at radius 3 is 3.00 bits per heavy atom. The third-order valence-electron chi connectivity index (χ3n) is 4.10. The van der Waals surface area contributed by atoms with Gasteiger partial charge < -0.3 is 4.52 Å². The molecule has 120 valence electrons. The van der Waals surface area contributed by atoms with E-state index in [0.717, 1.165) is 37.8 Å². The Hall–Kier alpha value is -1.69. The van der Waals surface area contributed by atoms with Gasteiger partial charge in [0.25, 0.3) is 0 Å². The lowest BCUT2D eigenvalue weighted by Gasteiger charge is -2.22. The van der Waals surface area contributed by atoms with Crippen molar-refractivity contribution in [3.63, 3.8) is 0 Å². The number of aromatic nitrogens is 4. The molecule has 6 nitrogen and oxygen atoms in total. The summed E-state index contributed by atoms with van der Waals surface area (Å²) in [5, 5.41) is 8.53. The first kappa shape index (κ1) is 15.2. The lowest BCUT2D eigenvalue weighted by atomic mass is 10.1. The van der Waals surface area contributed by atoms with Gasteiger partial charge in [-0.1, -0.05) is 19.0 Å². The maximum Gasteiger partial charge on any atom is 0.226 e. The Morgan fingerprint density at radius 2 is 2.27 bits per heavy atom. The molecule has 1 aliphatic rings. The quantitative estimate of drug-likeness (QED) is 0.820. The third kappa shape index (κ3) is 3.74. The Bertz CT molecular complexity index is 603. The second-order valence-corrected chi connectivity index (χ2v) is 6.71. The average Bonchev–Trinajstić information content (AvgIpc) is 3.15. The molecule has 22 heavy (non-hydrogen) atoms. The molecule has 0 bridgehead atoms. The zero-order valence-electron chi connectivity index (χ0n) is 13.7. The first-order valence-corrected chi connectivity index (χ1v) is 8.14. The molecule has 2 aromatic rings. The van der Waals surface area contributed by atoms with Crippen molar-refractivity contribution in [3.8, 4) is 0 Å². The van der Waals surface area contributed by atoms with Crippen LogP contribution in [-0.4, -0.2) is 37.4 Å². The van der Waals surface area contributed by atoms with Crippen molar-refractivity contribution >= 4 is 0 Å². The second-order valence-electron chi connectivity index (χ2n) is 6.71. The van der Waals surface area contributed by atoms with E-state index in [4.69, 9.17) is 4.52 Å². The number of likely N-dealkylation sites (tertiary alicyclic amines) is 1. The molecule has 1 fully saturated rings. The summed E-state index contributed by atoms with van der Waals surface area (Å²) >= 11 is 0. The van der Waals surface area contributed by atoms with Crippen molar-refractivity contribution in [1.29, 1.82) is 0 Å². The van der Waals surface area contributed by atoms with E-state index in [1.54, 1.807) is 0 Å². The van der Waals surface area contributed by atoms with Crippen molar-refractivity contribution in [2.75, 3.05) is 6.54 Å². The molecule has 0 N–H and O–H groups in total. The first-order valence-electron chi connectivity index (χ1n) is 8.14. The summed E-state index contributed by atoms with van der Waals surface area (Å²) < 4.78 is 7.38. The van der Waals surface area contributed by atoms with Crippen molar-refractivity contribution < 1.29 is 4.52 Å². The van der Waals surface area contributed by atoms with Gasteiger partial charge in [0.05, 0.1) is 19.3 Å². The van der Waals surface area contributed by atoms with Crippen LogP contribution in [0.2, 0.25) is 0 Å². The maximum atomic E-state index is 5.34. The molecule has 1 atom stereocenters. The van der Waals surface area contributed by atoms with E-state index in [0.29, 0.717) is 12.0 Å². The molecular weight excluding hydrogens is 278 g/mol. The van der Waals surface area contributed by atoms with Crippen LogP contribution in [0.4, 0.5) is 0 Å². The fraction of sp³-hybridized carbons (Fsp3) is 0.688. The van der Waals surface area contributed by atoms with Crippen LogP contribution >= 0.6 is 0 Å². The zero-order valence-corrected chi connectivity index (χ0v) is 13.7. The minimum Gasteiger partial charge on any atom is -0.339 e. The van der Waals surface area contributed by atoms with Gasteiger partial charge in [0.1, 0.15) is 0 Å². The van der Waals surface area contributed by atoms with Gasteiger partial charge in [0.2, 0.25) is 5.89 Å². The van der Waals surface area contributed by atoms with E-state index >= 15 is 0 Å². The van der Waals surface area contributed by atoms with Crippen molar-refractivity contribution in [2.24, 2.45) is 5.92 Å². The molecule has 0 aliphatic carbocycles. The van der Waals surface area contributed by atoms with Gasteiger partial charge in [0.15, 0.2) is 5.82 Å². The van der Waals surface area contributed by atoms with Crippen LogP contribution in [0.5, 0.6) is 0 Å². The smallest absolute Gasteiger partial charge is 0.226 e. The molecule has 0 aromatic carbocycles. The van der Waals surface area contributed by atoms with Crippen LogP contribution in [-0.2, 0) is 19.5 Å². The molecule has 0 radical (unpaired) electrons. The Kier molecular flexibility index (Phi) is 4.57. The van der Waals surface area contributed by atoms with Crippen molar-refractivity contribution in [2.45, 2.75) is 59.2 Å². The summed E-state index contributed by atoms with van der Waals surface area (Å²) in [6, 6.07) is 0.506. The largest absolute Gasteiger partial charge is 0.339 e. The molecule has 0 spiro atoms. The highest BCUT2D eigenvalue weighted by Crippen LogP contribution is 2.21. The minimum atomic E-state index is 0.506. The monoisotopic (exact) mass is 303 g/mol. The highest BCUT2D eigenvalue weighted by molar-refractivity contribution is 5.00. The molecule has 0 unspecified atom stereocenters. The molecule has 3 heterocycles. The van der Waals surface area contributed by atoms with Crippen LogP contribution in [0.3, 0.4) is 0 Å². The van der Waals surface area contributed by atoms with Gasteiger partial charge in [-0.25, -0.2) is 0 Å². The van der Waals surface area contributed by atoms with E-state index in [9.17, 15) is 0 Å². The molecule has 0 saturated carbocycles. The number of hydrogen-bond acceptors (Lipinski definition) is 5. The molecule has 1 aliphatic heterocycles. The van der Waals surface area contributed by atoms with E-state index in [1.807, 2.05) is 10.9 Å². The fourth-order valence-electron chi connectivity index (χ4n) is 3.06. The summed E-state index contributed by atoms with van der Waals surface area (Å²) in [7, 11) is 0. The third-order valence-corrected chi connectivity index (χ3v) is 4.10. The van der Waals surface area contributed by atoms with Gasteiger partial charge in [-0.15, -0.1) is 0 Å². The second kappa shape index (κ2) is 6.60. The standard InChI is InChI=1S/C16H25N5O/c1-12(2)7-16-18-15(19-22-16)11-20-6-4-5-14(20)10-21-9-13(3)8-17-21/h8-9,12,14H,4-7,10-11H2,1-3H3/t14-/m1/s1. The van der Waals surface area contributed by atoms with Gasteiger partial charge in [-0.3, -0.25) is 9.58 Å². The van der Waals surface area contributed by atoms with Gasteiger partial charge in [-0.05, 0) is 37.8 Å². The fourth-order valence-corrected chi connectivity index (χ4v) is 3.06.